The van der Waals surface area contributed by atoms with Gasteiger partial charge in [0.15, 0.2) is 17.1 Å². The predicted octanol–water partition coefficient (Wildman–Crippen LogP) is 4.37. The summed E-state index contributed by atoms with van der Waals surface area (Å²) in [6.45, 7) is -0.181. The highest BCUT2D eigenvalue weighted by atomic mass is 35.5. The lowest BCUT2D eigenvalue weighted by molar-refractivity contribution is 0.0969. The summed E-state index contributed by atoms with van der Waals surface area (Å²) >= 11 is 5.85. The van der Waals surface area contributed by atoms with Gasteiger partial charge >= 0.3 is 5.76 Å². The zero-order chi connectivity index (χ0) is 21.3. The van der Waals surface area contributed by atoms with Crippen LogP contribution in [0.1, 0.15) is 26.3 Å². The number of nitrogens with zero attached hydrogens (tertiary/aromatic N) is 1. The molecule has 0 amide bonds. The van der Waals surface area contributed by atoms with Gasteiger partial charge in [-0.3, -0.25) is 14.2 Å². The molecule has 0 aliphatic rings. The summed E-state index contributed by atoms with van der Waals surface area (Å²) in [6.07, 6.45) is 0. The van der Waals surface area contributed by atoms with E-state index >= 15 is 0 Å². The van der Waals surface area contributed by atoms with E-state index in [4.69, 9.17) is 20.8 Å². The van der Waals surface area contributed by atoms with Crippen molar-refractivity contribution in [3.8, 4) is 5.75 Å². The standard InChI is InChI=1S/C23H16ClNO5/c1-29-18-9-4-15(5-10-18)22(27)16-6-11-19-21(12-16)30-23(28)25(19)13-20(26)14-2-7-17(24)8-3-14/h2-12H,13H2,1H3. The van der Waals surface area contributed by atoms with Crippen LogP contribution in [-0.2, 0) is 6.54 Å². The third-order valence-corrected chi connectivity index (χ3v) is 5.00. The maximum atomic E-state index is 12.7. The number of ketones is 2. The number of benzene rings is 3. The van der Waals surface area contributed by atoms with E-state index in [-0.39, 0.29) is 23.7 Å². The molecule has 7 heteroatoms. The van der Waals surface area contributed by atoms with Crippen LogP contribution in [0, 0.1) is 0 Å². The molecule has 0 bridgehead atoms. The van der Waals surface area contributed by atoms with Gasteiger partial charge in [0.25, 0.3) is 0 Å². The van der Waals surface area contributed by atoms with Crippen molar-refractivity contribution in [1.29, 1.82) is 0 Å². The normalized spacial score (nSPS) is 10.9. The summed E-state index contributed by atoms with van der Waals surface area (Å²) < 4.78 is 11.6. The number of hydrogen-bond donors (Lipinski definition) is 0. The zero-order valence-corrected chi connectivity index (χ0v) is 16.7. The number of aromatic nitrogens is 1. The Hall–Kier alpha value is -3.64. The molecule has 0 fully saturated rings. The lowest BCUT2D eigenvalue weighted by atomic mass is 10.0. The quantitative estimate of drug-likeness (QED) is 0.432. The molecule has 0 saturated carbocycles. The first-order valence-corrected chi connectivity index (χ1v) is 9.45. The Labute approximate surface area is 176 Å². The fourth-order valence-corrected chi connectivity index (χ4v) is 3.26. The van der Waals surface area contributed by atoms with Crippen LogP contribution in [0.2, 0.25) is 5.02 Å². The van der Waals surface area contributed by atoms with Gasteiger partial charge in [0.2, 0.25) is 0 Å². The summed E-state index contributed by atoms with van der Waals surface area (Å²) in [5.74, 6) is -0.487. The Bertz CT molecular complexity index is 1300. The highest BCUT2D eigenvalue weighted by Crippen LogP contribution is 2.20. The van der Waals surface area contributed by atoms with Crippen LogP contribution in [0.15, 0.2) is 75.9 Å². The molecule has 4 rings (SSSR count). The molecular weight excluding hydrogens is 406 g/mol. The Morgan fingerprint density at radius 1 is 0.933 bits per heavy atom. The molecule has 150 valence electrons. The van der Waals surface area contributed by atoms with Gasteiger partial charge < -0.3 is 9.15 Å². The van der Waals surface area contributed by atoms with E-state index in [1.54, 1.807) is 67.8 Å². The number of hydrogen-bond acceptors (Lipinski definition) is 5. The zero-order valence-electron chi connectivity index (χ0n) is 15.9. The number of carbonyl (C=O) groups excluding carboxylic acids is 2. The number of ether oxygens (including phenoxy) is 1. The molecule has 0 atom stereocenters. The van der Waals surface area contributed by atoms with Crippen LogP contribution in [0.5, 0.6) is 5.75 Å². The molecule has 3 aromatic carbocycles. The number of fused-ring (bicyclic) bond motifs is 1. The van der Waals surface area contributed by atoms with E-state index in [0.717, 1.165) is 0 Å². The minimum atomic E-state index is -0.665. The number of rotatable bonds is 6. The summed E-state index contributed by atoms with van der Waals surface area (Å²) in [4.78, 5) is 37.6. The summed E-state index contributed by atoms with van der Waals surface area (Å²) in [5.41, 5.74) is 1.97. The molecule has 30 heavy (non-hydrogen) atoms. The fraction of sp³-hybridized carbons (Fsp3) is 0.0870. The lowest BCUT2D eigenvalue weighted by Gasteiger charge is -2.05. The molecule has 0 saturated heterocycles. The van der Waals surface area contributed by atoms with Gasteiger partial charge in [0, 0.05) is 21.7 Å². The van der Waals surface area contributed by atoms with Crippen molar-refractivity contribution < 1.29 is 18.7 Å². The number of methoxy groups -OCH3 is 1. The average Bonchev–Trinajstić information content (AvgIpc) is 3.08. The second-order valence-corrected chi connectivity index (χ2v) is 7.06. The molecule has 0 aliphatic carbocycles. The topological polar surface area (TPSA) is 78.5 Å². The van der Waals surface area contributed by atoms with Crippen molar-refractivity contribution in [3.63, 3.8) is 0 Å². The molecule has 1 aromatic heterocycles. The van der Waals surface area contributed by atoms with Crippen LogP contribution >= 0.6 is 11.6 Å². The minimum Gasteiger partial charge on any atom is -0.497 e. The summed E-state index contributed by atoms with van der Waals surface area (Å²) in [6, 6.07) is 17.9. The first-order valence-electron chi connectivity index (χ1n) is 9.07. The Balaban J connectivity index is 1.63. The SMILES string of the molecule is COc1ccc(C(=O)c2ccc3c(c2)oc(=O)n3CC(=O)c2ccc(Cl)cc2)cc1. The van der Waals surface area contributed by atoms with Gasteiger partial charge in [-0.1, -0.05) is 11.6 Å². The van der Waals surface area contributed by atoms with Crippen LogP contribution < -0.4 is 10.5 Å². The van der Waals surface area contributed by atoms with Gasteiger partial charge in [-0.15, -0.1) is 0 Å². The van der Waals surface area contributed by atoms with Gasteiger partial charge in [-0.25, -0.2) is 4.79 Å². The van der Waals surface area contributed by atoms with E-state index < -0.39 is 5.76 Å². The Kier molecular flexibility index (Phi) is 5.25. The Morgan fingerprint density at radius 2 is 1.57 bits per heavy atom. The number of Topliss-reactive ketones (excluding diaryl/α,β-unsaturated/α-hetero) is 1. The molecule has 0 radical (unpaired) electrons. The van der Waals surface area contributed by atoms with E-state index in [0.29, 0.717) is 33.0 Å². The van der Waals surface area contributed by atoms with Crippen LogP contribution in [0.3, 0.4) is 0 Å². The monoisotopic (exact) mass is 421 g/mol. The second kappa shape index (κ2) is 8.00. The van der Waals surface area contributed by atoms with E-state index in [1.807, 2.05) is 0 Å². The van der Waals surface area contributed by atoms with E-state index in [1.165, 1.54) is 10.6 Å². The molecule has 4 aromatic rings. The maximum Gasteiger partial charge on any atom is 0.420 e. The van der Waals surface area contributed by atoms with Crippen molar-refractivity contribution in [2.75, 3.05) is 7.11 Å². The van der Waals surface area contributed by atoms with E-state index in [2.05, 4.69) is 0 Å². The largest absolute Gasteiger partial charge is 0.497 e. The minimum absolute atomic E-state index is 0.181. The first kappa shape index (κ1) is 19.7. The number of halogens is 1. The molecule has 6 nitrogen and oxygen atoms in total. The third-order valence-electron chi connectivity index (χ3n) is 4.75. The molecular formula is C23H16ClNO5. The lowest BCUT2D eigenvalue weighted by Crippen LogP contribution is -2.20. The van der Waals surface area contributed by atoms with Gasteiger partial charge in [-0.05, 0) is 66.7 Å². The molecule has 0 unspecified atom stereocenters. The number of oxazole rings is 1. The summed E-state index contributed by atoms with van der Waals surface area (Å²) in [5, 5.41) is 0.520. The molecule has 0 aliphatic heterocycles. The smallest absolute Gasteiger partial charge is 0.420 e. The molecule has 0 N–H and O–H groups in total. The maximum absolute atomic E-state index is 12.7. The van der Waals surface area contributed by atoms with Crippen molar-refractivity contribution >= 4 is 34.3 Å². The molecule has 1 heterocycles. The fourth-order valence-electron chi connectivity index (χ4n) is 3.14. The van der Waals surface area contributed by atoms with Crippen LogP contribution in [0.4, 0.5) is 0 Å². The summed E-state index contributed by atoms with van der Waals surface area (Å²) in [7, 11) is 1.55. The van der Waals surface area contributed by atoms with Crippen molar-refractivity contribution in [3.05, 3.63) is 99.0 Å². The number of carbonyl (C=O) groups is 2. The van der Waals surface area contributed by atoms with Crippen LogP contribution in [-0.4, -0.2) is 23.2 Å². The van der Waals surface area contributed by atoms with Gasteiger partial charge in [0.1, 0.15) is 5.75 Å². The highest BCUT2D eigenvalue weighted by molar-refractivity contribution is 6.30. The second-order valence-electron chi connectivity index (χ2n) is 6.62. The van der Waals surface area contributed by atoms with E-state index in [9.17, 15) is 14.4 Å². The van der Waals surface area contributed by atoms with Gasteiger partial charge in [-0.2, -0.15) is 0 Å². The van der Waals surface area contributed by atoms with Gasteiger partial charge in [0.05, 0.1) is 19.2 Å². The molecule has 0 spiro atoms. The third kappa shape index (κ3) is 3.77. The van der Waals surface area contributed by atoms with Crippen LogP contribution in [0.25, 0.3) is 11.1 Å². The van der Waals surface area contributed by atoms with Crippen molar-refractivity contribution in [2.45, 2.75) is 6.54 Å². The van der Waals surface area contributed by atoms with Crippen molar-refractivity contribution in [2.24, 2.45) is 0 Å². The Morgan fingerprint density at radius 3 is 2.23 bits per heavy atom. The first-order chi connectivity index (χ1) is 14.5. The average molecular weight is 422 g/mol. The van der Waals surface area contributed by atoms with Crippen molar-refractivity contribution in [1.82, 2.24) is 4.57 Å². The highest BCUT2D eigenvalue weighted by Gasteiger charge is 2.17. The predicted molar refractivity (Wildman–Crippen MR) is 113 cm³/mol.